The van der Waals surface area contributed by atoms with Crippen LogP contribution in [0.1, 0.15) is 36.2 Å². The monoisotopic (exact) mass is 527 g/mol. The lowest BCUT2D eigenvalue weighted by atomic mass is 10.0. The van der Waals surface area contributed by atoms with Crippen molar-refractivity contribution in [3.63, 3.8) is 0 Å². The average molecular weight is 528 g/mol. The smallest absolute Gasteiger partial charge is 0.492 e. The number of hydrogen-bond acceptors (Lipinski definition) is 6. The van der Waals surface area contributed by atoms with E-state index in [0.717, 1.165) is 12.1 Å². The maximum Gasteiger partial charge on any atom is 0.573 e. The van der Waals surface area contributed by atoms with Crippen molar-refractivity contribution in [2.45, 2.75) is 50.9 Å². The molecule has 1 aliphatic rings. The van der Waals surface area contributed by atoms with Crippen molar-refractivity contribution < 1.29 is 41.4 Å². The van der Waals surface area contributed by atoms with Gasteiger partial charge in [-0.2, -0.15) is 0 Å². The first-order chi connectivity index (χ1) is 17.2. The van der Waals surface area contributed by atoms with Gasteiger partial charge in [0.05, 0.1) is 18.5 Å². The van der Waals surface area contributed by atoms with Crippen LogP contribution in [0.2, 0.25) is 0 Å². The molecule has 0 radical (unpaired) electrons. The molecule has 2 amide bonds. The van der Waals surface area contributed by atoms with Crippen molar-refractivity contribution in [2.24, 2.45) is 11.5 Å². The molecule has 3 rings (SSSR count). The van der Waals surface area contributed by atoms with Crippen LogP contribution in [0.4, 0.5) is 17.6 Å². The summed E-state index contributed by atoms with van der Waals surface area (Å²) in [5.41, 5.74) is 11.3. The first-order valence-electron chi connectivity index (χ1n) is 11.5. The second-order valence-electron chi connectivity index (χ2n) is 9.47. The Bertz CT molecular complexity index is 1100. The number of primary amides is 1. The summed E-state index contributed by atoms with van der Waals surface area (Å²) in [7, 11) is 0. The van der Waals surface area contributed by atoms with E-state index in [9.17, 15) is 22.8 Å². The summed E-state index contributed by atoms with van der Waals surface area (Å²) in [6.07, 6.45) is -7.29. The molecule has 4 N–H and O–H groups in total. The molecule has 0 bridgehead atoms. The van der Waals surface area contributed by atoms with Crippen LogP contribution in [0.15, 0.2) is 42.5 Å². The lowest BCUT2D eigenvalue weighted by molar-refractivity contribution is -0.274. The molecule has 1 fully saturated rings. The topological polar surface area (TPSA) is 117 Å². The lowest BCUT2D eigenvalue weighted by Crippen LogP contribution is -2.49. The number of carbonyl (C=O) groups is 2. The molecular formula is C25H29F4N3O5. The standard InChI is InChI=1S/C25H29F4N3O5/c1-24(2,31)14-35-17-7-8-18(23(30)34)21(12-17)36-20-9-10-32(13-19(20)26)22(33)11-15-3-5-16(6-4-15)37-25(27,28)29/h3-8,12,19-20H,9-11,13-14,31H2,1-2H3,(H2,30,34). The van der Waals surface area contributed by atoms with Crippen LogP contribution in [0, 0.1) is 0 Å². The minimum absolute atomic E-state index is 0.0583. The third-order valence-electron chi connectivity index (χ3n) is 5.45. The van der Waals surface area contributed by atoms with Crippen LogP contribution >= 0.6 is 0 Å². The zero-order valence-electron chi connectivity index (χ0n) is 20.4. The third kappa shape index (κ3) is 8.52. The highest BCUT2D eigenvalue weighted by Crippen LogP contribution is 2.29. The van der Waals surface area contributed by atoms with E-state index in [1.54, 1.807) is 13.8 Å². The first-order valence-corrected chi connectivity index (χ1v) is 11.5. The van der Waals surface area contributed by atoms with E-state index in [1.165, 1.54) is 35.2 Å². The molecule has 1 aliphatic heterocycles. The lowest BCUT2D eigenvalue weighted by Gasteiger charge is -2.35. The number of piperidine rings is 1. The van der Waals surface area contributed by atoms with Gasteiger partial charge in [-0.05, 0) is 43.7 Å². The van der Waals surface area contributed by atoms with Gasteiger partial charge in [0.1, 0.15) is 30.0 Å². The Hall–Kier alpha value is -3.54. The highest BCUT2D eigenvalue weighted by molar-refractivity contribution is 5.95. The molecule has 2 aromatic rings. The number of carbonyl (C=O) groups excluding carboxylic acids is 2. The number of rotatable bonds is 9. The molecule has 2 unspecified atom stereocenters. The molecule has 0 aromatic heterocycles. The predicted molar refractivity (Wildman–Crippen MR) is 126 cm³/mol. The van der Waals surface area contributed by atoms with Gasteiger partial charge in [0, 0.05) is 24.6 Å². The molecule has 8 nitrogen and oxygen atoms in total. The van der Waals surface area contributed by atoms with E-state index < -0.39 is 35.8 Å². The fourth-order valence-electron chi connectivity index (χ4n) is 3.66. The van der Waals surface area contributed by atoms with Gasteiger partial charge in [0.2, 0.25) is 5.91 Å². The largest absolute Gasteiger partial charge is 0.573 e. The van der Waals surface area contributed by atoms with Gasteiger partial charge in [0.25, 0.3) is 5.91 Å². The molecular weight excluding hydrogens is 498 g/mol. The van der Waals surface area contributed by atoms with Gasteiger partial charge in [0.15, 0.2) is 6.17 Å². The minimum Gasteiger partial charge on any atom is -0.492 e. The number of hydrogen-bond donors (Lipinski definition) is 2. The number of ether oxygens (including phenoxy) is 3. The number of nitrogens with zero attached hydrogens (tertiary/aromatic N) is 1. The van der Waals surface area contributed by atoms with Gasteiger partial charge >= 0.3 is 6.36 Å². The van der Waals surface area contributed by atoms with Crippen molar-refractivity contribution >= 4 is 11.8 Å². The molecule has 1 saturated heterocycles. The van der Waals surface area contributed by atoms with Crippen molar-refractivity contribution in [1.29, 1.82) is 0 Å². The second-order valence-corrected chi connectivity index (χ2v) is 9.47. The van der Waals surface area contributed by atoms with Gasteiger partial charge in [-0.15, -0.1) is 13.2 Å². The Morgan fingerprint density at radius 2 is 1.73 bits per heavy atom. The van der Waals surface area contributed by atoms with Crippen LogP contribution in [-0.2, 0) is 11.2 Å². The molecule has 0 saturated carbocycles. The second kappa shape index (κ2) is 11.2. The number of likely N-dealkylation sites (tertiary alicyclic amines) is 1. The van der Waals surface area contributed by atoms with E-state index >= 15 is 4.39 Å². The number of halogens is 4. The van der Waals surface area contributed by atoms with Crippen LogP contribution < -0.4 is 25.7 Å². The Labute approximate surface area is 211 Å². The molecule has 0 spiro atoms. The Kier molecular flexibility index (Phi) is 8.52. The van der Waals surface area contributed by atoms with Crippen LogP contribution in [-0.4, -0.2) is 60.6 Å². The highest BCUT2D eigenvalue weighted by atomic mass is 19.4. The molecule has 1 heterocycles. The summed E-state index contributed by atoms with van der Waals surface area (Å²) in [6.45, 7) is 3.68. The maximum absolute atomic E-state index is 15.0. The quantitative estimate of drug-likeness (QED) is 0.483. The molecule has 2 atom stereocenters. The minimum atomic E-state index is -4.81. The summed E-state index contributed by atoms with van der Waals surface area (Å²) in [5.74, 6) is -1.11. The van der Waals surface area contributed by atoms with E-state index in [0.29, 0.717) is 11.3 Å². The number of benzene rings is 2. The van der Waals surface area contributed by atoms with Gasteiger partial charge < -0.3 is 30.6 Å². The summed E-state index contributed by atoms with van der Waals surface area (Å²) in [4.78, 5) is 25.8. The van der Waals surface area contributed by atoms with E-state index in [1.807, 2.05) is 0 Å². The molecule has 37 heavy (non-hydrogen) atoms. The zero-order valence-corrected chi connectivity index (χ0v) is 20.4. The molecule has 202 valence electrons. The molecule has 0 aliphatic carbocycles. The number of alkyl halides is 4. The van der Waals surface area contributed by atoms with Crippen LogP contribution in [0.5, 0.6) is 17.2 Å². The maximum atomic E-state index is 15.0. The Morgan fingerprint density at radius 3 is 2.30 bits per heavy atom. The van der Waals surface area contributed by atoms with Crippen molar-refractivity contribution in [3.8, 4) is 17.2 Å². The first kappa shape index (κ1) is 28.0. The van der Waals surface area contributed by atoms with Crippen molar-refractivity contribution in [3.05, 3.63) is 53.6 Å². The summed E-state index contributed by atoms with van der Waals surface area (Å²) in [6, 6.07) is 9.31. The van der Waals surface area contributed by atoms with Crippen molar-refractivity contribution in [2.75, 3.05) is 19.7 Å². The van der Waals surface area contributed by atoms with Crippen LogP contribution in [0.3, 0.4) is 0 Å². The average Bonchev–Trinajstić information content (AvgIpc) is 2.79. The van der Waals surface area contributed by atoms with Crippen LogP contribution in [0.25, 0.3) is 0 Å². The van der Waals surface area contributed by atoms with Gasteiger partial charge in [-0.3, -0.25) is 9.59 Å². The van der Waals surface area contributed by atoms with Crippen molar-refractivity contribution in [1.82, 2.24) is 4.90 Å². The van der Waals surface area contributed by atoms with E-state index in [2.05, 4.69) is 4.74 Å². The third-order valence-corrected chi connectivity index (χ3v) is 5.45. The SMILES string of the molecule is CC(C)(N)COc1ccc(C(N)=O)c(OC2CCN(C(=O)Cc3ccc(OC(F)(F)F)cc3)CC2F)c1. The summed E-state index contributed by atoms with van der Waals surface area (Å²) < 4.78 is 67.2. The van der Waals surface area contributed by atoms with E-state index in [-0.39, 0.29) is 49.8 Å². The predicted octanol–water partition coefficient (Wildman–Crippen LogP) is 3.36. The fourth-order valence-corrected chi connectivity index (χ4v) is 3.66. The number of amides is 2. The normalized spacial score (nSPS) is 18.3. The Balaban J connectivity index is 1.60. The number of nitrogens with two attached hydrogens (primary N) is 2. The summed E-state index contributed by atoms with van der Waals surface area (Å²) >= 11 is 0. The molecule has 12 heteroatoms. The fraction of sp³-hybridized carbons (Fsp3) is 0.440. The van der Waals surface area contributed by atoms with Gasteiger partial charge in [-0.1, -0.05) is 12.1 Å². The highest BCUT2D eigenvalue weighted by Gasteiger charge is 2.34. The summed E-state index contributed by atoms with van der Waals surface area (Å²) in [5, 5.41) is 0. The van der Waals surface area contributed by atoms with Gasteiger partial charge in [-0.25, -0.2) is 4.39 Å². The Morgan fingerprint density at radius 1 is 1.08 bits per heavy atom. The zero-order chi connectivity index (χ0) is 27.4. The molecule has 2 aromatic carbocycles. The van der Waals surface area contributed by atoms with E-state index in [4.69, 9.17) is 20.9 Å².